The van der Waals surface area contributed by atoms with Gasteiger partial charge in [0.15, 0.2) is 0 Å². The zero-order valence-corrected chi connectivity index (χ0v) is 10.1. The molecule has 0 aliphatic rings. The normalized spacial score (nSPS) is 12.5. The van der Waals surface area contributed by atoms with E-state index in [1.54, 1.807) is 6.92 Å². The van der Waals surface area contributed by atoms with E-state index >= 15 is 0 Å². The van der Waals surface area contributed by atoms with E-state index in [1.165, 1.54) is 0 Å². The Balaban J connectivity index is 2.53. The number of hydrogen-bond donors (Lipinski definition) is 3. The van der Waals surface area contributed by atoms with Crippen molar-refractivity contribution in [2.75, 3.05) is 17.6 Å². The molecule has 1 unspecified atom stereocenters. The van der Waals surface area contributed by atoms with Gasteiger partial charge in [-0.2, -0.15) is 0 Å². The maximum Gasteiger partial charge on any atom is 0.134 e. The number of rotatable bonds is 5. The molecule has 0 spiro atoms. The second-order valence-electron chi connectivity index (χ2n) is 4.05. The van der Waals surface area contributed by atoms with Gasteiger partial charge in [0, 0.05) is 12.1 Å². The molecule has 5 nitrogen and oxygen atoms in total. The van der Waals surface area contributed by atoms with Crippen LogP contribution in [0.25, 0.3) is 0 Å². The number of aromatic nitrogens is 2. The second kappa shape index (κ2) is 5.65. The number of nitrogens with two attached hydrogens (primary N) is 1. The summed E-state index contributed by atoms with van der Waals surface area (Å²) in [7, 11) is 0. The Labute approximate surface area is 96.1 Å². The number of nitrogens with zero attached hydrogens (tertiary/aromatic N) is 2. The summed E-state index contributed by atoms with van der Waals surface area (Å²) in [6, 6.07) is 0. The first-order chi connectivity index (χ1) is 7.50. The summed E-state index contributed by atoms with van der Waals surface area (Å²) in [6.07, 6.45) is 1.44. The predicted octanol–water partition coefficient (Wildman–Crippen LogP) is 1.25. The molecule has 0 aliphatic carbocycles. The monoisotopic (exact) mass is 224 g/mol. The first kappa shape index (κ1) is 12.7. The van der Waals surface area contributed by atoms with Crippen LogP contribution in [0.3, 0.4) is 0 Å². The van der Waals surface area contributed by atoms with Gasteiger partial charge >= 0.3 is 0 Å². The van der Waals surface area contributed by atoms with Crippen LogP contribution in [0.1, 0.15) is 31.2 Å². The van der Waals surface area contributed by atoms with E-state index in [1.807, 2.05) is 13.8 Å². The Morgan fingerprint density at radius 2 is 2.06 bits per heavy atom. The Bertz CT molecular complexity index is 352. The lowest BCUT2D eigenvalue weighted by atomic mass is 10.2. The lowest BCUT2D eigenvalue weighted by molar-refractivity contribution is 0.183. The molecule has 4 N–H and O–H groups in total. The second-order valence-corrected chi connectivity index (χ2v) is 4.05. The van der Waals surface area contributed by atoms with Crippen molar-refractivity contribution in [3.8, 4) is 0 Å². The molecule has 16 heavy (non-hydrogen) atoms. The summed E-state index contributed by atoms with van der Waals surface area (Å²) in [5.74, 6) is 1.97. The molecule has 90 valence electrons. The topological polar surface area (TPSA) is 84.1 Å². The highest BCUT2D eigenvalue weighted by atomic mass is 16.3. The van der Waals surface area contributed by atoms with Crippen LogP contribution in [-0.4, -0.2) is 27.7 Å². The van der Waals surface area contributed by atoms with Crippen LogP contribution >= 0.6 is 0 Å². The Morgan fingerprint density at radius 1 is 1.38 bits per heavy atom. The molecular formula is C11H20N4O. The molecule has 0 saturated heterocycles. The van der Waals surface area contributed by atoms with Crippen molar-refractivity contribution in [1.29, 1.82) is 0 Å². The molecule has 1 heterocycles. The molecule has 0 bridgehead atoms. The van der Waals surface area contributed by atoms with Gasteiger partial charge in [0.1, 0.15) is 17.5 Å². The average molecular weight is 224 g/mol. The maximum absolute atomic E-state index is 9.12. The van der Waals surface area contributed by atoms with Crippen LogP contribution in [0.5, 0.6) is 0 Å². The number of nitrogen functional groups attached to an aromatic ring is 1. The molecule has 0 aromatic carbocycles. The number of hydrogen-bond acceptors (Lipinski definition) is 5. The van der Waals surface area contributed by atoms with Crippen LogP contribution in [-0.2, 0) is 0 Å². The van der Waals surface area contributed by atoms with Crippen molar-refractivity contribution in [3.63, 3.8) is 0 Å². The molecular weight excluding hydrogens is 204 g/mol. The first-order valence-corrected chi connectivity index (χ1v) is 5.53. The molecule has 0 saturated carbocycles. The van der Waals surface area contributed by atoms with Crippen molar-refractivity contribution in [1.82, 2.24) is 9.97 Å². The van der Waals surface area contributed by atoms with Crippen molar-refractivity contribution in [2.45, 2.75) is 39.7 Å². The van der Waals surface area contributed by atoms with Gasteiger partial charge in [-0.15, -0.1) is 0 Å². The highest BCUT2D eigenvalue weighted by molar-refractivity contribution is 5.54. The van der Waals surface area contributed by atoms with Gasteiger partial charge in [-0.3, -0.25) is 0 Å². The van der Waals surface area contributed by atoms with E-state index in [-0.39, 0.29) is 6.10 Å². The third-order valence-corrected chi connectivity index (χ3v) is 2.39. The smallest absolute Gasteiger partial charge is 0.134 e. The average Bonchev–Trinajstić information content (AvgIpc) is 2.19. The van der Waals surface area contributed by atoms with Crippen LogP contribution < -0.4 is 11.1 Å². The molecule has 0 radical (unpaired) electrons. The highest BCUT2D eigenvalue weighted by Gasteiger charge is 2.05. The maximum atomic E-state index is 9.12. The van der Waals surface area contributed by atoms with Crippen molar-refractivity contribution >= 4 is 11.6 Å². The number of anilines is 2. The van der Waals surface area contributed by atoms with Gasteiger partial charge in [0.2, 0.25) is 0 Å². The minimum absolute atomic E-state index is 0.250. The summed E-state index contributed by atoms with van der Waals surface area (Å²) in [5.41, 5.74) is 6.62. The molecule has 0 aliphatic heterocycles. The van der Waals surface area contributed by atoms with Gasteiger partial charge < -0.3 is 16.2 Å². The Kier molecular flexibility index (Phi) is 4.49. The number of aliphatic hydroxyl groups excluding tert-OH is 1. The largest absolute Gasteiger partial charge is 0.393 e. The van der Waals surface area contributed by atoms with Crippen LogP contribution in [0.15, 0.2) is 0 Å². The van der Waals surface area contributed by atoms with E-state index in [4.69, 9.17) is 10.8 Å². The molecule has 1 aromatic rings. The zero-order valence-electron chi connectivity index (χ0n) is 10.1. The van der Waals surface area contributed by atoms with E-state index < -0.39 is 0 Å². The minimum Gasteiger partial charge on any atom is -0.393 e. The number of nitrogens with one attached hydrogen (secondary N) is 1. The summed E-state index contributed by atoms with van der Waals surface area (Å²) < 4.78 is 0. The molecule has 5 heteroatoms. The van der Waals surface area contributed by atoms with Gasteiger partial charge in [-0.25, -0.2) is 9.97 Å². The lowest BCUT2D eigenvalue weighted by Gasteiger charge is -2.11. The molecule has 1 atom stereocenters. The molecule has 0 amide bonds. The standard InChI is InChI=1S/C11H20N4O/c1-7(16)5-4-6-13-11-8(2)10(12)14-9(3)15-11/h7,16H,4-6H2,1-3H3,(H3,12,13,14,15). The van der Waals surface area contributed by atoms with E-state index in [0.29, 0.717) is 11.6 Å². The molecule has 0 fully saturated rings. The van der Waals surface area contributed by atoms with E-state index in [9.17, 15) is 0 Å². The van der Waals surface area contributed by atoms with Crippen molar-refractivity contribution < 1.29 is 5.11 Å². The van der Waals surface area contributed by atoms with Gasteiger partial charge in [0.25, 0.3) is 0 Å². The lowest BCUT2D eigenvalue weighted by Crippen LogP contribution is -2.11. The van der Waals surface area contributed by atoms with Crippen LogP contribution in [0.4, 0.5) is 11.6 Å². The third kappa shape index (κ3) is 3.66. The minimum atomic E-state index is -0.250. The van der Waals surface area contributed by atoms with Gasteiger partial charge in [-0.1, -0.05) is 0 Å². The quantitative estimate of drug-likeness (QED) is 0.655. The summed E-state index contributed by atoms with van der Waals surface area (Å²) in [4.78, 5) is 8.36. The van der Waals surface area contributed by atoms with Gasteiger partial charge in [0.05, 0.1) is 6.10 Å². The highest BCUT2D eigenvalue weighted by Crippen LogP contribution is 2.16. The SMILES string of the molecule is Cc1nc(N)c(C)c(NCCCC(C)O)n1. The fourth-order valence-electron chi connectivity index (χ4n) is 1.43. The fraction of sp³-hybridized carbons (Fsp3) is 0.636. The van der Waals surface area contributed by atoms with Crippen molar-refractivity contribution in [2.24, 2.45) is 0 Å². The molecule has 1 aromatic heterocycles. The van der Waals surface area contributed by atoms with E-state index in [0.717, 1.165) is 30.8 Å². The van der Waals surface area contributed by atoms with Crippen LogP contribution in [0.2, 0.25) is 0 Å². The fourth-order valence-corrected chi connectivity index (χ4v) is 1.43. The summed E-state index contributed by atoms with van der Waals surface area (Å²) in [6.45, 7) is 6.28. The zero-order chi connectivity index (χ0) is 12.1. The third-order valence-electron chi connectivity index (χ3n) is 2.39. The first-order valence-electron chi connectivity index (χ1n) is 5.53. The van der Waals surface area contributed by atoms with Gasteiger partial charge in [-0.05, 0) is 33.6 Å². The van der Waals surface area contributed by atoms with E-state index in [2.05, 4.69) is 15.3 Å². The van der Waals surface area contributed by atoms with Crippen molar-refractivity contribution in [3.05, 3.63) is 11.4 Å². The molecule has 1 rings (SSSR count). The summed E-state index contributed by atoms with van der Waals surface area (Å²) >= 11 is 0. The number of aryl methyl sites for hydroxylation is 1. The predicted molar refractivity (Wildman–Crippen MR) is 65.3 cm³/mol. The van der Waals surface area contributed by atoms with Crippen LogP contribution in [0, 0.1) is 13.8 Å². The Morgan fingerprint density at radius 3 is 2.69 bits per heavy atom. The number of aliphatic hydroxyl groups is 1. The summed E-state index contributed by atoms with van der Waals surface area (Å²) in [5, 5.41) is 12.3. The Hall–Kier alpha value is -1.36.